The Kier molecular flexibility index (Phi) is 8.06. The third kappa shape index (κ3) is 6.18. The summed E-state index contributed by atoms with van der Waals surface area (Å²) in [6, 6.07) is 9.18. The molecule has 2 aliphatic rings. The van der Waals surface area contributed by atoms with Crippen LogP contribution in [0.25, 0.3) is 0 Å². The standard InChI is InChI=1S/C29H36N4O5S/c1-21-16-26(37-3)17-22(2)28(21)39(35,36)33(25-4-5-25)19-27-18-24(20-38-27)29(34)32-14-12-31(13-15-32)11-8-23-6-9-30-10-7-23/h6-7,9-10,16-18,20,25H,4-5,8,11-15,19H2,1-3H3. The number of carbonyl (C=O) groups is 1. The van der Waals surface area contributed by atoms with Gasteiger partial charge >= 0.3 is 0 Å². The summed E-state index contributed by atoms with van der Waals surface area (Å²) in [4.78, 5) is 21.8. The van der Waals surface area contributed by atoms with Crippen LogP contribution in [0.2, 0.25) is 0 Å². The van der Waals surface area contributed by atoms with Crippen LogP contribution in [0.3, 0.4) is 0 Å². The van der Waals surface area contributed by atoms with Gasteiger partial charge in [0.1, 0.15) is 17.8 Å². The van der Waals surface area contributed by atoms with Crippen molar-refractivity contribution in [2.24, 2.45) is 0 Å². The molecule has 3 heterocycles. The molecule has 0 bridgehead atoms. The molecule has 10 heteroatoms. The molecule has 208 valence electrons. The van der Waals surface area contributed by atoms with E-state index in [1.165, 1.54) is 16.1 Å². The number of nitrogens with zero attached hydrogens (tertiary/aromatic N) is 4. The first-order valence-corrected chi connectivity index (χ1v) is 14.9. The first kappa shape index (κ1) is 27.4. The number of benzene rings is 1. The van der Waals surface area contributed by atoms with Gasteiger partial charge in [0.25, 0.3) is 5.91 Å². The minimum Gasteiger partial charge on any atom is -0.497 e. The molecule has 1 aliphatic heterocycles. The molecule has 1 amide bonds. The van der Waals surface area contributed by atoms with Crippen molar-refractivity contribution in [2.75, 3.05) is 39.8 Å². The van der Waals surface area contributed by atoms with Crippen molar-refractivity contribution in [1.29, 1.82) is 0 Å². The number of piperazine rings is 1. The molecule has 5 rings (SSSR count). The van der Waals surface area contributed by atoms with E-state index < -0.39 is 10.0 Å². The summed E-state index contributed by atoms with van der Waals surface area (Å²) in [5.74, 6) is 1.01. The maximum Gasteiger partial charge on any atom is 0.257 e. The van der Waals surface area contributed by atoms with Crippen LogP contribution in [0.5, 0.6) is 5.75 Å². The lowest BCUT2D eigenvalue weighted by Crippen LogP contribution is -2.49. The van der Waals surface area contributed by atoms with Gasteiger partial charge in [-0.15, -0.1) is 0 Å². The molecule has 0 spiro atoms. The van der Waals surface area contributed by atoms with Crippen molar-refractivity contribution in [1.82, 2.24) is 19.1 Å². The molecule has 0 radical (unpaired) electrons. The number of hydrogen-bond acceptors (Lipinski definition) is 7. The molecule has 1 aromatic carbocycles. The smallest absolute Gasteiger partial charge is 0.257 e. The van der Waals surface area contributed by atoms with E-state index in [1.54, 1.807) is 39.2 Å². The molecule has 0 N–H and O–H groups in total. The van der Waals surface area contributed by atoms with Gasteiger partial charge in [-0.3, -0.25) is 14.7 Å². The lowest BCUT2D eigenvalue weighted by atomic mass is 10.1. The average Bonchev–Trinajstić information content (AvgIpc) is 3.66. The van der Waals surface area contributed by atoms with Crippen LogP contribution in [-0.4, -0.2) is 79.3 Å². The highest BCUT2D eigenvalue weighted by atomic mass is 32.2. The van der Waals surface area contributed by atoms with Crippen LogP contribution >= 0.6 is 0 Å². The summed E-state index contributed by atoms with van der Waals surface area (Å²) in [6.45, 7) is 7.54. The fourth-order valence-electron chi connectivity index (χ4n) is 5.25. The first-order chi connectivity index (χ1) is 18.8. The van der Waals surface area contributed by atoms with Crippen LogP contribution in [-0.2, 0) is 23.0 Å². The molecule has 1 aliphatic carbocycles. The van der Waals surface area contributed by atoms with E-state index in [1.807, 2.05) is 29.4 Å². The van der Waals surface area contributed by atoms with Gasteiger partial charge in [0.15, 0.2) is 0 Å². The summed E-state index contributed by atoms with van der Waals surface area (Å²) in [5, 5.41) is 0. The molecule has 2 aromatic heterocycles. The zero-order valence-corrected chi connectivity index (χ0v) is 23.6. The summed E-state index contributed by atoms with van der Waals surface area (Å²) in [7, 11) is -2.20. The van der Waals surface area contributed by atoms with Crippen LogP contribution in [0.15, 0.2) is 58.3 Å². The second-order valence-electron chi connectivity index (χ2n) is 10.4. The third-order valence-corrected chi connectivity index (χ3v) is 9.73. The van der Waals surface area contributed by atoms with Crippen LogP contribution in [0, 0.1) is 13.8 Å². The number of furan rings is 1. The van der Waals surface area contributed by atoms with Gasteiger partial charge in [-0.2, -0.15) is 4.31 Å². The Morgan fingerprint density at radius 3 is 2.36 bits per heavy atom. The molecule has 1 saturated heterocycles. The summed E-state index contributed by atoms with van der Waals surface area (Å²) < 4.78 is 40.1. The van der Waals surface area contributed by atoms with Crippen molar-refractivity contribution in [3.8, 4) is 5.75 Å². The van der Waals surface area contributed by atoms with Gasteiger partial charge in [-0.25, -0.2) is 8.42 Å². The maximum absolute atomic E-state index is 13.8. The highest BCUT2D eigenvalue weighted by Gasteiger charge is 2.40. The highest BCUT2D eigenvalue weighted by Crippen LogP contribution is 2.36. The molecular weight excluding hydrogens is 516 g/mol. The number of sulfonamides is 1. The van der Waals surface area contributed by atoms with Crippen molar-refractivity contribution in [3.63, 3.8) is 0 Å². The van der Waals surface area contributed by atoms with E-state index in [-0.39, 0.29) is 18.5 Å². The van der Waals surface area contributed by atoms with Gasteiger partial charge in [-0.1, -0.05) is 0 Å². The quantitative estimate of drug-likeness (QED) is 0.379. The Labute approximate surface area is 230 Å². The van der Waals surface area contributed by atoms with Crippen LogP contribution in [0.4, 0.5) is 0 Å². The Morgan fingerprint density at radius 2 is 1.74 bits per heavy atom. The second kappa shape index (κ2) is 11.5. The summed E-state index contributed by atoms with van der Waals surface area (Å²) >= 11 is 0. The average molecular weight is 553 g/mol. The molecule has 0 unspecified atom stereocenters. The summed E-state index contributed by atoms with van der Waals surface area (Å²) in [6.07, 6.45) is 7.65. The number of amides is 1. The number of carbonyl (C=O) groups excluding carboxylic acids is 1. The molecule has 1 saturated carbocycles. The third-order valence-electron chi connectivity index (χ3n) is 7.53. The number of pyridine rings is 1. The van der Waals surface area contributed by atoms with E-state index in [4.69, 9.17) is 9.15 Å². The predicted octanol–water partition coefficient (Wildman–Crippen LogP) is 3.65. The van der Waals surface area contributed by atoms with E-state index in [0.717, 1.165) is 38.9 Å². The molecule has 2 fully saturated rings. The van der Waals surface area contributed by atoms with E-state index in [9.17, 15) is 13.2 Å². The van der Waals surface area contributed by atoms with Crippen molar-refractivity contribution in [2.45, 2.75) is 50.6 Å². The minimum absolute atomic E-state index is 0.0691. The van der Waals surface area contributed by atoms with E-state index in [2.05, 4.69) is 9.88 Å². The Bertz CT molecular complexity index is 1390. The predicted molar refractivity (Wildman–Crippen MR) is 147 cm³/mol. The van der Waals surface area contributed by atoms with Gasteiger partial charge in [0.05, 0.1) is 24.1 Å². The number of hydrogen-bond donors (Lipinski definition) is 0. The molecule has 9 nitrogen and oxygen atoms in total. The van der Waals surface area contributed by atoms with Crippen molar-refractivity contribution < 1.29 is 22.4 Å². The normalized spacial score (nSPS) is 16.6. The fraction of sp³-hybridized carbons (Fsp3) is 0.448. The summed E-state index contributed by atoms with van der Waals surface area (Å²) in [5.41, 5.74) is 3.01. The molecule has 3 aromatic rings. The van der Waals surface area contributed by atoms with E-state index in [0.29, 0.717) is 46.2 Å². The fourth-order valence-corrected chi connectivity index (χ4v) is 7.32. The molecular formula is C29H36N4O5S. The monoisotopic (exact) mass is 552 g/mol. The number of aromatic nitrogens is 1. The number of aryl methyl sites for hydroxylation is 2. The lowest BCUT2D eigenvalue weighted by molar-refractivity contribution is 0.0638. The number of rotatable bonds is 10. The second-order valence-corrected chi connectivity index (χ2v) is 12.2. The van der Waals surface area contributed by atoms with Gasteiger partial charge < -0.3 is 14.1 Å². The largest absolute Gasteiger partial charge is 0.497 e. The van der Waals surface area contributed by atoms with Gasteiger partial charge in [-0.05, 0) is 80.1 Å². The lowest BCUT2D eigenvalue weighted by Gasteiger charge is -2.34. The number of methoxy groups -OCH3 is 1. The van der Waals surface area contributed by atoms with Crippen molar-refractivity contribution >= 4 is 15.9 Å². The minimum atomic E-state index is -3.77. The topological polar surface area (TPSA) is 96.2 Å². The Morgan fingerprint density at radius 1 is 1.08 bits per heavy atom. The van der Waals surface area contributed by atoms with E-state index >= 15 is 0 Å². The number of ether oxygens (including phenoxy) is 1. The van der Waals surface area contributed by atoms with Crippen molar-refractivity contribution in [3.05, 3.63) is 77.0 Å². The zero-order valence-electron chi connectivity index (χ0n) is 22.8. The Hall–Kier alpha value is -3.21. The van der Waals surface area contributed by atoms with Gasteiger partial charge in [0.2, 0.25) is 10.0 Å². The van der Waals surface area contributed by atoms with Crippen LogP contribution in [0.1, 0.15) is 45.7 Å². The first-order valence-electron chi connectivity index (χ1n) is 13.4. The maximum atomic E-state index is 13.8. The Balaban J connectivity index is 1.22. The molecule has 39 heavy (non-hydrogen) atoms. The zero-order chi connectivity index (χ0) is 27.6. The van der Waals surface area contributed by atoms with Gasteiger partial charge in [0, 0.05) is 51.2 Å². The SMILES string of the molecule is COc1cc(C)c(S(=O)(=O)N(Cc2cc(C(=O)N3CCN(CCc4ccncc4)CC3)co2)C2CC2)c(C)c1. The van der Waals surface area contributed by atoms with Crippen LogP contribution < -0.4 is 4.74 Å². The molecule has 0 atom stereocenters. The highest BCUT2D eigenvalue weighted by molar-refractivity contribution is 7.89.